The van der Waals surface area contributed by atoms with E-state index in [9.17, 15) is 9.59 Å². The van der Waals surface area contributed by atoms with E-state index in [0.717, 1.165) is 8.87 Å². The molecule has 1 N–H and O–H groups in total. The molecule has 2 aliphatic rings. The van der Waals surface area contributed by atoms with E-state index in [2.05, 4.69) is 18.8 Å². The van der Waals surface area contributed by atoms with Gasteiger partial charge in [0.15, 0.2) is 0 Å². The molecular formula is C26H46N2O5Sn. The Morgan fingerprint density at radius 3 is 2.12 bits per heavy atom. The number of hydrogen-bond acceptors (Lipinski definition) is 5. The first-order chi connectivity index (χ1) is 16.5. The van der Waals surface area contributed by atoms with Gasteiger partial charge in [-0.25, -0.2) is 0 Å². The van der Waals surface area contributed by atoms with Gasteiger partial charge in [0.1, 0.15) is 0 Å². The molecule has 3 unspecified atom stereocenters. The Morgan fingerprint density at radius 1 is 0.912 bits per heavy atom. The molecule has 2 saturated heterocycles. The summed E-state index contributed by atoms with van der Waals surface area (Å²) in [6.07, 6.45) is 17.1. The van der Waals surface area contributed by atoms with Gasteiger partial charge in [0.2, 0.25) is 0 Å². The van der Waals surface area contributed by atoms with E-state index in [4.69, 9.17) is 10.9 Å². The Bertz CT molecular complexity index is 838. The summed E-state index contributed by atoms with van der Waals surface area (Å²) in [7, 11) is 0. The summed E-state index contributed by atoms with van der Waals surface area (Å²) in [5.41, 5.74) is -0.256. The fourth-order valence-electron chi connectivity index (χ4n) is 5.23. The molecular weight excluding hydrogens is 539 g/mol. The van der Waals surface area contributed by atoms with Gasteiger partial charge in [0, 0.05) is 0 Å². The van der Waals surface area contributed by atoms with Gasteiger partial charge in [-0.05, 0) is 0 Å². The van der Waals surface area contributed by atoms with Crippen LogP contribution in [0.3, 0.4) is 0 Å². The molecule has 34 heavy (non-hydrogen) atoms. The second-order valence-electron chi connectivity index (χ2n) is 10.3. The summed E-state index contributed by atoms with van der Waals surface area (Å²) < 4.78 is 23.4. The number of nitrogens with zero attached hydrogens (tertiary/aromatic N) is 1. The average molecular weight is 585 g/mol. The van der Waals surface area contributed by atoms with E-state index in [1.807, 2.05) is 0 Å². The third kappa shape index (κ3) is 7.93. The second kappa shape index (κ2) is 14.2. The topological polar surface area (TPSA) is 82.5 Å². The molecule has 0 spiro atoms. The van der Waals surface area contributed by atoms with Crippen LogP contribution in [0.25, 0.3) is 0 Å². The molecule has 0 saturated carbocycles. The summed E-state index contributed by atoms with van der Waals surface area (Å²) in [6.45, 7) is 6.80. The number of aromatic amines is 1. The van der Waals surface area contributed by atoms with Crippen molar-refractivity contribution in [3.05, 3.63) is 32.6 Å². The zero-order chi connectivity index (χ0) is 24.4. The number of rotatable bonds is 15. The molecule has 0 radical (unpaired) electrons. The molecule has 7 nitrogen and oxygen atoms in total. The number of hydrogen-bond donors (Lipinski definition) is 1. The first kappa shape index (κ1) is 27.9. The van der Waals surface area contributed by atoms with Crippen LogP contribution in [-0.2, 0) is 10.9 Å². The third-order valence-corrected chi connectivity index (χ3v) is 17.8. The summed E-state index contributed by atoms with van der Waals surface area (Å²) in [5.74, 6) is 0. The third-order valence-electron chi connectivity index (χ3n) is 7.34. The number of H-pyrrole nitrogens is 1. The maximum absolute atomic E-state index is 12.4. The Labute approximate surface area is 209 Å². The monoisotopic (exact) mass is 586 g/mol. The normalized spacial score (nSPS) is 23.8. The fourth-order valence-corrected chi connectivity index (χ4v) is 15.8. The second-order valence-corrected chi connectivity index (χ2v) is 19.8. The molecule has 0 aliphatic carbocycles. The Hall–Kier alpha value is -0.641. The summed E-state index contributed by atoms with van der Waals surface area (Å²) in [5, 5.41) is 0. The molecule has 0 bridgehead atoms. The van der Waals surface area contributed by atoms with Gasteiger partial charge in [-0.1, -0.05) is 0 Å². The quantitative estimate of drug-likeness (QED) is 0.211. The Balaban J connectivity index is 1.60. The van der Waals surface area contributed by atoms with E-state index in [-0.39, 0.29) is 17.8 Å². The molecule has 0 aromatic carbocycles. The SMILES string of the molecule is CCCCCCC[CH2][Sn]1([CH2]CCCCCCC)[O]CC2OC(n3cc(C)c(=O)[nH]c3=O)CC2[O]1. The van der Waals surface area contributed by atoms with E-state index in [1.165, 1.54) is 81.6 Å². The number of nitrogens with one attached hydrogen (secondary N) is 1. The van der Waals surface area contributed by atoms with Crippen LogP contribution in [0.5, 0.6) is 0 Å². The van der Waals surface area contributed by atoms with Crippen LogP contribution in [0.2, 0.25) is 8.87 Å². The molecule has 8 heteroatoms. The zero-order valence-corrected chi connectivity index (χ0v) is 24.5. The van der Waals surface area contributed by atoms with E-state index in [1.54, 1.807) is 13.1 Å². The summed E-state index contributed by atoms with van der Waals surface area (Å²) in [4.78, 5) is 26.5. The van der Waals surface area contributed by atoms with Crippen molar-refractivity contribution in [2.24, 2.45) is 0 Å². The van der Waals surface area contributed by atoms with E-state index < -0.39 is 31.1 Å². The molecule has 3 atom stereocenters. The summed E-state index contributed by atoms with van der Waals surface area (Å²) in [6, 6.07) is 0. The van der Waals surface area contributed by atoms with Crippen LogP contribution in [0.15, 0.2) is 15.8 Å². The van der Waals surface area contributed by atoms with Crippen molar-refractivity contribution in [3.63, 3.8) is 0 Å². The molecule has 3 rings (SSSR count). The number of aromatic nitrogens is 2. The van der Waals surface area contributed by atoms with Crippen LogP contribution in [0, 0.1) is 6.92 Å². The minimum atomic E-state index is -3.19. The maximum atomic E-state index is 12.4. The number of ether oxygens (including phenoxy) is 1. The molecule has 194 valence electrons. The number of unbranched alkanes of at least 4 members (excludes halogenated alkanes) is 10. The zero-order valence-electron chi connectivity index (χ0n) is 21.6. The van der Waals surface area contributed by atoms with Crippen LogP contribution < -0.4 is 11.2 Å². The van der Waals surface area contributed by atoms with Crippen molar-refractivity contribution in [1.29, 1.82) is 0 Å². The van der Waals surface area contributed by atoms with Gasteiger partial charge in [-0.3, -0.25) is 0 Å². The van der Waals surface area contributed by atoms with E-state index in [0.29, 0.717) is 18.6 Å². The van der Waals surface area contributed by atoms with Gasteiger partial charge in [0.05, 0.1) is 0 Å². The predicted octanol–water partition coefficient (Wildman–Crippen LogP) is 5.71. The van der Waals surface area contributed by atoms with Crippen LogP contribution in [-0.4, -0.2) is 47.6 Å². The van der Waals surface area contributed by atoms with Gasteiger partial charge in [-0.15, -0.1) is 0 Å². The van der Waals surface area contributed by atoms with Gasteiger partial charge in [-0.2, -0.15) is 0 Å². The van der Waals surface area contributed by atoms with Gasteiger partial charge in [0.25, 0.3) is 0 Å². The van der Waals surface area contributed by atoms with E-state index >= 15 is 0 Å². The first-order valence-corrected chi connectivity index (χ1v) is 20.1. The molecule has 1 aromatic heterocycles. The van der Waals surface area contributed by atoms with Crippen molar-refractivity contribution in [1.82, 2.24) is 9.55 Å². The Morgan fingerprint density at radius 2 is 1.50 bits per heavy atom. The van der Waals surface area contributed by atoms with Crippen molar-refractivity contribution in [2.75, 3.05) is 6.61 Å². The van der Waals surface area contributed by atoms with Crippen molar-refractivity contribution in [3.8, 4) is 0 Å². The molecule has 2 fully saturated rings. The van der Waals surface area contributed by atoms with Gasteiger partial charge < -0.3 is 0 Å². The molecule has 1 aromatic rings. The Kier molecular flexibility index (Phi) is 11.7. The fraction of sp³-hybridized carbons (Fsp3) is 0.846. The van der Waals surface area contributed by atoms with Crippen LogP contribution in [0.4, 0.5) is 0 Å². The molecule has 0 amide bonds. The molecule has 2 aliphatic heterocycles. The van der Waals surface area contributed by atoms with Crippen LogP contribution >= 0.6 is 0 Å². The summed E-state index contributed by atoms with van der Waals surface area (Å²) >= 11 is -3.19. The van der Waals surface area contributed by atoms with Crippen LogP contribution in [0.1, 0.15) is 109 Å². The number of aryl methyl sites for hydroxylation is 1. The van der Waals surface area contributed by atoms with Gasteiger partial charge >= 0.3 is 210 Å². The molecule has 3 heterocycles. The first-order valence-electron chi connectivity index (χ1n) is 13.8. The minimum absolute atomic E-state index is 0.00568. The standard InChI is InChI=1S/C10H12N2O5.2C8H17.Sn/c1-5-3-12(10(16)11-9(5)15)8-2-6(14)7(4-13)17-8;2*1-3-5-7-8-6-4-2;/h3,6-8H,2,4H2,1H3,(H,11,15,16);2*1,3-8H2,2H3;/q-2;;;+2. The van der Waals surface area contributed by atoms with Crippen molar-refractivity contribution >= 4 is 19.2 Å². The van der Waals surface area contributed by atoms with Crippen molar-refractivity contribution < 1.29 is 10.9 Å². The van der Waals surface area contributed by atoms with Crippen molar-refractivity contribution in [2.45, 2.75) is 132 Å². The number of fused-ring (bicyclic) bond motifs is 1. The predicted molar refractivity (Wildman–Crippen MR) is 138 cm³/mol. The average Bonchev–Trinajstić information content (AvgIpc) is 3.23.